The van der Waals surface area contributed by atoms with Crippen molar-refractivity contribution in [3.8, 4) is 11.8 Å². The zero-order chi connectivity index (χ0) is 13.5. The SMILES string of the molecule is CCCC1CCN(Cc2sccc2C#CCO)CC1. The number of piperidine rings is 1. The van der Waals surface area contributed by atoms with E-state index in [0.29, 0.717) is 0 Å². The Balaban J connectivity index is 1.87. The van der Waals surface area contributed by atoms with Crippen LogP contribution in [0.25, 0.3) is 0 Å². The van der Waals surface area contributed by atoms with Crippen LogP contribution in [0.2, 0.25) is 0 Å². The van der Waals surface area contributed by atoms with Crippen LogP contribution in [0.1, 0.15) is 43.0 Å². The Morgan fingerprint density at radius 3 is 2.89 bits per heavy atom. The molecule has 104 valence electrons. The lowest BCUT2D eigenvalue weighted by Gasteiger charge is -2.31. The van der Waals surface area contributed by atoms with Gasteiger partial charge in [-0.2, -0.15) is 0 Å². The molecule has 0 aromatic carbocycles. The van der Waals surface area contributed by atoms with Gasteiger partial charge >= 0.3 is 0 Å². The first-order valence-corrected chi connectivity index (χ1v) is 8.10. The van der Waals surface area contributed by atoms with Gasteiger partial charge in [0.25, 0.3) is 0 Å². The van der Waals surface area contributed by atoms with Crippen LogP contribution in [0.3, 0.4) is 0 Å². The Labute approximate surface area is 120 Å². The lowest BCUT2D eigenvalue weighted by molar-refractivity contribution is 0.173. The van der Waals surface area contributed by atoms with E-state index in [9.17, 15) is 0 Å². The second-order valence-electron chi connectivity index (χ2n) is 5.23. The van der Waals surface area contributed by atoms with E-state index in [1.807, 2.05) is 0 Å². The summed E-state index contributed by atoms with van der Waals surface area (Å²) in [7, 11) is 0. The lowest BCUT2D eigenvalue weighted by Crippen LogP contribution is -2.33. The van der Waals surface area contributed by atoms with Crippen molar-refractivity contribution in [1.82, 2.24) is 4.90 Å². The van der Waals surface area contributed by atoms with E-state index in [0.717, 1.165) is 18.0 Å². The van der Waals surface area contributed by atoms with Gasteiger partial charge in [0.05, 0.1) is 0 Å². The molecule has 2 heterocycles. The van der Waals surface area contributed by atoms with E-state index in [2.05, 4.69) is 35.1 Å². The highest BCUT2D eigenvalue weighted by Gasteiger charge is 2.19. The monoisotopic (exact) mass is 277 g/mol. The zero-order valence-corrected chi connectivity index (χ0v) is 12.5. The largest absolute Gasteiger partial charge is 0.384 e. The van der Waals surface area contributed by atoms with Gasteiger partial charge in [0, 0.05) is 17.0 Å². The fraction of sp³-hybridized carbons (Fsp3) is 0.625. The molecule has 2 rings (SSSR count). The van der Waals surface area contributed by atoms with Crippen LogP contribution < -0.4 is 0 Å². The van der Waals surface area contributed by atoms with Gasteiger partial charge in [-0.05, 0) is 43.3 Å². The molecule has 2 nitrogen and oxygen atoms in total. The van der Waals surface area contributed by atoms with Gasteiger partial charge in [-0.1, -0.05) is 31.6 Å². The minimum Gasteiger partial charge on any atom is -0.384 e. The molecular formula is C16H23NOS. The Bertz CT molecular complexity index is 435. The minimum atomic E-state index is -0.0578. The first-order chi connectivity index (χ1) is 9.33. The van der Waals surface area contributed by atoms with Gasteiger partial charge in [0.15, 0.2) is 0 Å². The summed E-state index contributed by atoms with van der Waals surface area (Å²) in [6, 6.07) is 2.06. The normalized spacial score (nSPS) is 17.2. The number of thiophene rings is 1. The predicted molar refractivity (Wildman–Crippen MR) is 81.2 cm³/mol. The molecule has 1 saturated heterocycles. The summed E-state index contributed by atoms with van der Waals surface area (Å²) in [5.41, 5.74) is 1.09. The number of rotatable bonds is 4. The first-order valence-electron chi connectivity index (χ1n) is 7.22. The van der Waals surface area contributed by atoms with Crippen LogP contribution in [0.15, 0.2) is 11.4 Å². The molecule has 1 N–H and O–H groups in total. The third kappa shape index (κ3) is 4.35. The molecule has 3 heteroatoms. The quantitative estimate of drug-likeness (QED) is 0.855. The van der Waals surface area contributed by atoms with E-state index in [-0.39, 0.29) is 6.61 Å². The molecule has 1 aliphatic rings. The van der Waals surface area contributed by atoms with Crippen molar-refractivity contribution in [3.05, 3.63) is 21.9 Å². The average Bonchev–Trinajstić information content (AvgIpc) is 2.86. The van der Waals surface area contributed by atoms with Gasteiger partial charge < -0.3 is 5.11 Å². The highest BCUT2D eigenvalue weighted by atomic mass is 32.1. The summed E-state index contributed by atoms with van der Waals surface area (Å²) in [6.07, 6.45) is 5.39. The summed E-state index contributed by atoms with van der Waals surface area (Å²) in [4.78, 5) is 3.89. The smallest absolute Gasteiger partial charge is 0.104 e. The summed E-state index contributed by atoms with van der Waals surface area (Å²) in [5, 5.41) is 10.9. The summed E-state index contributed by atoms with van der Waals surface area (Å²) >= 11 is 1.78. The molecular weight excluding hydrogens is 254 g/mol. The molecule has 0 unspecified atom stereocenters. The maximum Gasteiger partial charge on any atom is 0.104 e. The van der Waals surface area contributed by atoms with Crippen LogP contribution in [0.4, 0.5) is 0 Å². The van der Waals surface area contributed by atoms with E-state index >= 15 is 0 Å². The number of hydrogen-bond acceptors (Lipinski definition) is 3. The topological polar surface area (TPSA) is 23.5 Å². The molecule has 0 saturated carbocycles. The van der Waals surface area contributed by atoms with Crippen LogP contribution in [-0.4, -0.2) is 29.7 Å². The highest BCUT2D eigenvalue weighted by Crippen LogP contribution is 2.25. The molecule has 0 amide bonds. The Hall–Kier alpha value is -0.820. The fourth-order valence-corrected chi connectivity index (χ4v) is 3.63. The predicted octanol–water partition coefficient (Wildman–Crippen LogP) is 3.10. The lowest BCUT2D eigenvalue weighted by atomic mass is 9.92. The van der Waals surface area contributed by atoms with Gasteiger partial charge in [0.2, 0.25) is 0 Å². The summed E-state index contributed by atoms with van der Waals surface area (Å²) in [6.45, 7) is 5.68. The number of aliphatic hydroxyl groups excluding tert-OH is 1. The molecule has 1 aliphatic heterocycles. The summed E-state index contributed by atoms with van der Waals surface area (Å²) in [5.74, 6) is 6.73. The number of hydrogen-bond donors (Lipinski definition) is 1. The van der Waals surface area contributed by atoms with Crippen molar-refractivity contribution < 1.29 is 5.11 Å². The van der Waals surface area contributed by atoms with Gasteiger partial charge in [-0.15, -0.1) is 11.3 Å². The van der Waals surface area contributed by atoms with Crippen molar-refractivity contribution in [2.75, 3.05) is 19.7 Å². The number of aliphatic hydroxyl groups is 1. The zero-order valence-electron chi connectivity index (χ0n) is 11.7. The fourth-order valence-electron chi connectivity index (χ4n) is 2.75. The second-order valence-corrected chi connectivity index (χ2v) is 6.23. The van der Waals surface area contributed by atoms with Gasteiger partial charge in [-0.25, -0.2) is 0 Å². The molecule has 0 aliphatic carbocycles. The van der Waals surface area contributed by atoms with Gasteiger partial charge in [0.1, 0.15) is 6.61 Å². The van der Waals surface area contributed by atoms with Gasteiger partial charge in [-0.3, -0.25) is 4.90 Å². The molecule has 0 spiro atoms. The molecule has 0 atom stereocenters. The van der Waals surface area contributed by atoms with Crippen molar-refractivity contribution in [2.24, 2.45) is 5.92 Å². The molecule has 0 radical (unpaired) electrons. The first kappa shape index (κ1) is 14.6. The van der Waals surface area contributed by atoms with Crippen LogP contribution in [0, 0.1) is 17.8 Å². The van der Waals surface area contributed by atoms with E-state index in [4.69, 9.17) is 5.11 Å². The van der Waals surface area contributed by atoms with Crippen LogP contribution in [0.5, 0.6) is 0 Å². The van der Waals surface area contributed by atoms with Crippen molar-refractivity contribution in [1.29, 1.82) is 0 Å². The van der Waals surface area contributed by atoms with Crippen LogP contribution in [-0.2, 0) is 6.54 Å². The van der Waals surface area contributed by atoms with Crippen molar-refractivity contribution in [3.63, 3.8) is 0 Å². The van der Waals surface area contributed by atoms with E-state index in [1.54, 1.807) is 11.3 Å². The van der Waals surface area contributed by atoms with Crippen molar-refractivity contribution >= 4 is 11.3 Å². The summed E-state index contributed by atoms with van der Waals surface area (Å²) < 4.78 is 0. The Kier molecular flexibility index (Phi) is 5.91. The standard InChI is InChI=1S/C16H23NOS/c1-2-4-14-6-9-17(10-7-14)13-16-15(5-3-11-18)8-12-19-16/h8,12,14,18H,2,4,6-7,9-11,13H2,1H3. The number of nitrogens with zero attached hydrogens (tertiary/aromatic N) is 1. The second kappa shape index (κ2) is 7.69. The Morgan fingerprint density at radius 1 is 1.42 bits per heavy atom. The Morgan fingerprint density at radius 2 is 2.21 bits per heavy atom. The van der Waals surface area contributed by atoms with Crippen LogP contribution >= 0.6 is 11.3 Å². The molecule has 19 heavy (non-hydrogen) atoms. The van der Waals surface area contributed by atoms with Crippen molar-refractivity contribution in [2.45, 2.75) is 39.2 Å². The third-order valence-corrected chi connectivity index (χ3v) is 4.72. The third-order valence-electron chi connectivity index (χ3n) is 3.82. The molecule has 1 aromatic rings. The molecule has 0 bridgehead atoms. The minimum absolute atomic E-state index is 0.0578. The highest BCUT2D eigenvalue weighted by molar-refractivity contribution is 7.10. The van der Waals surface area contributed by atoms with E-state index < -0.39 is 0 Å². The molecule has 1 fully saturated rings. The maximum absolute atomic E-state index is 8.78. The maximum atomic E-state index is 8.78. The van der Waals surface area contributed by atoms with E-state index in [1.165, 1.54) is 43.6 Å². The molecule has 1 aromatic heterocycles. The number of likely N-dealkylation sites (tertiary alicyclic amines) is 1. The average molecular weight is 277 g/mol.